The van der Waals surface area contributed by atoms with E-state index in [1.807, 2.05) is 18.5 Å². The van der Waals surface area contributed by atoms with E-state index in [1.165, 1.54) is 37.8 Å². The molecule has 0 radical (unpaired) electrons. The minimum absolute atomic E-state index is 0.0357. The van der Waals surface area contributed by atoms with Crippen LogP contribution in [0.3, 0.4) is 0 Å². The summed E-state index contributed by atoms with van der Waals surface area (Å²) in [4.78, 5) is 9.37. The van der Waals surface area contributed by atoms with Gasteiger partial charge in [0.1, 0.15) is 0 Å². The second kappa shape index (κ2) is 8.92. The van der Waals surface area contributed by atoms with Crippen molar-refractivity contribution >= 4 is 5.69 Å². The summed E-state index contributed by atoms with van der Waals surface area (Å²) in [6, 6.07) is 15.3. The van der Waals surface area contributed by atoms with Gasteiger partial charge in [0.05, 0.1) is 12.1 Å². The first kappa shape index (κ1) is 19.2. The molecule has 3 aromatic rings. The smallest absolute Gasteiger partial charge is 0.173 e. The SMILES string of the molecule is c1ccc(N2CCN([C@@H](c3cccnc3)c3nnnn3C3CCCCC3)CC2)cc1. The van der Waals surface area contributed by atoms with E-state index in [4.69, 9.17) is 0 Å². The Labute approximate surface area is 177 Å². The number of rotatable bonds is 5. The average molecular weight is 404 g/mol. The highest BCUT2D eigenvalue weighted by Gasteiger charge is 2.32. The van der Waals surface area contributed by atoms with Crippen molar-refractivity contribution in [2.45, 2.75) is 44.2 Å². The molecule has 1 atom stereocenters. The van der Waals surface area contributed by atoms with Crippen molar-refractivity contribution in [3.63, 3.8) is 0 Å². The highest BCUT2D eigenvalue weighted by atomic mass is 15.6. The number of tetrazole rings is 1. The van der Waals surface area contributed by atoms with Gasteiger partial charge in [-0.05, 0) is 47.0 Å². The molecule has 0 N–H and O–H groups in total. The first-order valence-corrected chi connectivity index (χ1v) is 11.1. The largest absolute Gasteiger partial charge is 0.369 e. The number of hydrogen-bond acceptors (Lipinski definition) is 6. The van der Waals surface area contributed by atoms with Gasteiger partial charge in [-0.25, -0.2) is 4.68 Å². The van der Waals surface area contributed by atoms with Crippen LogP contribution in [0.4, 0.5) is 5.69 Å². The molecule has 2 aliphatic rings. The van der Waals surface area contributed by atoms with E-state index < -0.39 is 0 Å². The van der Waals surface area contributed by atoms with E-state index in [-0.39, 0.29) is 6.04 Å². The molecule has 1 aromatic carbocycles. The van der Waals surface area contributed by atoms with Crippen LogP contribution in [0, 0.1) is 0 Å². The number of pyridine rings is 1. The Morgan fingerprint density at radius 1 is 0.867 bits per heavy atom. The zero-order valence-electron chi connectivity index (χ0n) is 17.3. The number of benzene rings is 1. The molecular weight excluding hydrogens is 374 g/mol. The van der Waals surface area contributed by atoms with Gasteiger partial charge in [0.15, 0.2) is 5.82 Å². The fourth-order valence-electron chi connectivity index (χ4n) is 4.90. The molecule has 2 fully saturated rings. The summed E-state index contributed by atoms with van der Waals surface area (Å²) in [5, 5.41) is 13.1. The third-order valence-corrected chi connectivity index (χ3v) is 6.48. The van der Waals surface area contributed by atoms with Crippen molar-refractivity contribution in [1.29, 1.82) is 0 Å². The van der Waals surface area contributed by atoms with E-state index in [0.29, 0.717) is 6.04 Å². The van der Waals surface area contributed by atoms with E-state index in [1.54, 1.807) is 0 Å². The summed E-state index contributed by atoms with van der Waals surface area (Å²) in [6.07, 6.45) is 9.97. The lowest BCUT2D eigenvalue weighted by Crippen LogP contribution is -2.48. The first-order valence-electron chi connectivity index (χ1n) is 11.1. The summed E-state index contributed by atoms with van der Waals surface area (Å²) >= 11 is 0. The highest BCUT2D eigenvalue weighted by Crippen LogP contribution is 2.33. The van der Waals surface area contributed by atoms with Crippen molar-refractivity contribution in [2.75, 3.05) is 31.1 Å². The Bertz CT molecular complexity index is 913. The molecule has 0 amide bonds. The zero-order chi connectivity index (χ0) is 20.2. The third-order valence-electron chi connectivity index (χ3n) is 6.48. The van der Waals surface area contributed by atoms with E-state index in [9.17, 15) is 0 Å². The highest BCUT2D eigenvalue weighted by molar-refractivity contribution is 5.46. The van der Waals surface area contributed by atoms with Crippen LogP contribution in [-0.4, -0.2) is 56.3 Å². The van der Waals surface area contributed by atoms with Gasteiger partial charge >= 0.3 is 0 Å². The van der Waals surface area contributed by atoms with Crippen LogP contribution < -0.4 is 4.90 Å². The molecule has 0 unspecified atom stereocenters. The minimum atomic E-state index is 0.0357. The fourth-order valence-corrected chi connectivity index (χ4v) is 4.90. The van der Waals surface area contributed by atoms with Crippen molar-refractivity contribution in [2.24, 2.45) is 0 Å². The molecule has 30 heavy (non-hydrogen) atoms. The Balaban J connectivity index is 1.41. The molecule has 1 saturated carbocycles. The Morgan fingerprint density at radius 2 is 1.67 bits per heavy atom. The lowest BCUT2D eigenvalue weighted by Gasteiger charge is -2.40. The molecule has 0 spiro atoms. The number of aromatic nitrogens is 5. The number of hydrogen-bond donors (Lipinski definition) is 0. The first-order chi connectivity index (χ1) is 14.9. The molecule has 156 valence electrons. The second-order valence-electron chi connectivity index (χ2n) is 8.32. The van der Waals surface area contributed by atoms with Crippen LogP contribution in [0.5, 0.6) is 0 Å². The summed E-state index contributed by atoms with van der Waals surface area (Å²) in [6.45, 7) is 3.91. The van der Waals surface area contributed by atoms with Crippen LogP contribution in [0.1, 0.15) is 55.6 Å². The Morgan fingerprint density at radius 3 is 2.40 bits per heavy atom. The standard InChI is InChI=1S/C23H29N7/c1-3-9-20(10-4-1)28-14-16-29(17-15-28)22(19-8-7-13-24-18-19)23-25-26-27-30(23)21-11-5-2-6-12-21/h1,3-4,7-10,13,18,21-22H,2,5-6,11-12,14-17H2/t22-/m0/s1. The van der Waals surface area contributed by atoms with Gasteiger partial charge in [-0.2, -0.15) is 0 Å². The Kier molecular flexibility index (Phi) is 5.70. The van der Waals surface area contributed by atoms with Crippen molar-refractivity contribution < 1.29 is 0 Å². The molecule has 3 heterocycles. The van der Waals surface area contributed by atoms with Gasteiger partial charge in [0.2, 0.25) is 0 Å². The number of para-hydroxylation sites is 1. The Hall–Kier alpha value is -2.80. The van der Waals surface area contributed by atoms with Gasteiger partial charge in [0.25, 0.3) is 0 Å². The van der Waals surface area contributed by atoms with E-state index >= 15 is 0 Å². The number of nitrogens with zero attached hydrogens (tertiary/aromatic N) is 7. The van der Waals surface area contributed by atoms with Gasteiger partial charge < -0.3 is 4.90 Å². The van der Waals surface area contributed by atoms with Crippen LogP contribution in [0.25, 0.3) is 0 Å². The number of piperazine rings is 1. The summed E-state index contributed by atoms with van der Waals surface area (Å²) in [5.74, 6) is 0.961. The summed E-state index contributed by atoms with van der Waals surface area (Å²) in [5.41, 5.74) is 2.46. The van der Waals surface area contributed by atoms with Gasteiger partial charge in [-0.3, -0.25) is 9.88 Å². The molecule has 1 saturated heterocycles. The predicted molar refractivity (Wildman–Crippen MR) is 116 cm³/mol. The second-order valence-corrected chi connectivity index (χ2v) is 8.32. The summed E-state index contributed by atoms with van der Waals surface area (Å²) < 4.78 is 2.11. The minimum Gasteiger partial charge on any atom is -0.369 e. The van der Waals surface area contributed by atoms with E-state index in [0.717, 1.165) is 37.6 Å². The molecule has 1 aliphatic heterocycles. The van der Waals surface area contributed by atoms with Crippen LogP contribution in [-0.2, 0) is 0 Å². The molecule has 0 bridgehead atoms. The fraction of sp³-hybridized carbons (Fsp3) is 0.478. The van der Waals surface area contributed by atoms with Crippen LogP contribution >= 0.6 is 0 Å². The molecule has 7 nitrogen and oxygen atoms in total. The summed E-state index contributed by atoms with van der Waals surface area (Å²) in [7, 11) is 0. The maximum Gasteiger partial charge on any atom is 0.173 e. The predicted octanol–water partition coefficient (Wildman–Crippen LogP) is 3.48. The maximum atomic E-state index is 4.54. The third kappa shape index (κ3) is 3.94. The van der Waals surface area contributed by atoms with Crippen LogP contribution in [0.15, 0.2) is 54.9 Å². The average Bonchev–Trinajstić information content (AvgIpc) is 3.31. The lowest BCUT2D eigenvalue weighted by molar-refractivity contribution is 0.193. The number of anilines is 1. The molecule has 5 rings (SSSR count). The molecular formula is C23H29N7. The normalized spacial score (nSPS) is 19.7. The lowest BCUT2D eigenvalue weighted by atomic mass is 9.95. The van der Waals surface area contributed by atoms with Crippen molar-refractivity contribution in [3.05, 3.63) is 66.2 Å². The van der Waals surface area contributed by atoms with Gasteiger partial charge in [0, 0.05) is 44.3 Å². The zero-order valence-corrected chi connectivity index (χ0v) is 17.3. The molecule has 7 heteroatoms. The monoisotopic (exact) mass is 403 g/mol. The topological polar surface area (TPSA) is 63.0 Å². The van der Waals surface area contributed by atoms with Crippen molar-refractivity contribution in [3.8, 4) is 0 Å². The van der Waals surface area contributed by atoms with E-state index in [2.05, 4.69) is 71.4 Å². The van der Waals surface area contributed by atoms with Gasteiger partial charge in [-0.1, -0.05) is 43.5 Å². The molecule has 1 aliphatic carbocycles. The van der Waals surface area contributed by atoms with Gasteiger partial charge in [-0.15, -0.1) is 5.10 Å². The molecule has 2 aromatic heterocycles. The quantitative estimate of drug-likeness (QED) is 0.650. The van der Waals surface area contributed by atoms with Crippen molar-refractivity contribution in [1.82, 2.24) is 30.1 Å². The van der Waals surface area contributed by atoms with Crippen LogP contribution in [0.2, 0.25) is 0 Å². The maximum absolute atomic E-state index is 4.54.